The molecule has 6 nitrogen and oxygen atoms in total. The van der Waals surface area contributed by atoms with Gasteiger partial charge in [-0.05, 0) is 0 Å². The van der Waals surface area contributed by atoms with Gasteiger partial charge in [-0.25, -0.2) is 0 Å². The predicted octanol–water partition coefficient (Wildman–Crippen LogP) is 9.26. The van der Waals surface area contributed by atoms with E-state index in [0.29, 0.717) is 16.7 Å². The van der Waals surface area contributed by atoms with Gasteiger partial charge < -0.3 is 0 Å². The number of aliphatic hydroxyl groups excluding tert-OH is 1. The van der Waals surface area contributed by atoms with Crippen LogP contribution >= 0.6 is 0 Å². The summed E-state index contributed by atoms with van der Waals surface area (Å²) in [7, 11) is 0. The molecule has 1 aliphatic carbocycles. The maximum absolute atomic E-state index is 14.8. The molecule has 0 aromatic heterocycles. The SMILES string of the molecule is C=C(C)[C@H]1C(=O)c2c3c(c[c]([Sn]([CH2]CCC)([CH2]CCC)[CH2]CCC)c2N1C(=O)OC(C)(C)C)C1=CC(C)(C)OC(C)(C)[C@H]1[C@@H]3O. The molecule has 1 aromatic carbocycles. The Morgan fingerprint density at radius 2 is 1.58 bits per heavy atom. The summed E-state index contributed by atoms with van der Waals surface area (Å²) in [5, 5.41) is 12.2. The van der Waals surface area contributed by atoms with Crippen molar-refractivity contribution < 1.29 is 24.2 Å². The number of rotatable bonds is 11. The summed E-state index contributed by atoms with van der Waals surface area (Å²) >= 11 is -3.35. The Kier molecular flexibility index (Phi) is 10.5. The summed E-state index contributed by atoms with van der Waals surface area (Å²) in [5.74, 6) is -0.475. The van der Waals surface area contributed by atoms with Crippen molar-refractivity contribution in [3.63, 3.8) is 0 Å². The third kappa shape index (κ3) is 6.72. The van der Waals surface area contributed by atoms with E-state index in [1.807, 2.05) is 41.5 Å². The standard InChI is InChI=1S/C26H32NO5.3C4H9.Sn/c1-13(2)20-22(29)18-16(27(20)23(30)31-24(3,4)5)11-10-14-15-12-25(6,7)32-26(8,9)19(15)21(28)17(14)18;3*1-3-4-2;/h10,12,19-21,28H,1H2,2-9H3;3*1,3-4H2,2H3;/t19-,20+,21-;;;;/m1..../s1. The molecule has 1 amide bonds. The average Bonchev–Trinajstić information content (AvgIpc) is 3.37. The molecule has 7 heteroatoms. The third-order valence-electron chi connectivity index (χ3n) is 10.0. The summed E-state index contributed by atoms with van der Waals surface area (Å²) in [6.07, 6.45) is 7.47. The summed E-state index contributed by atoms with van der Waals surface area (Å²) in [6, 6.07) is 1.49. The first-order valence-corrected chi connectivity index (χ1v) is 24.9. The van der Waals surface area contributed by atoms with E-state index in [1.54, 1.807) is 4.90 Å². The van der Waals surface area contributed by atoms with Crippen LogP contribution in [0, 0.1) is 5.92 Å². The zero-order valence-corrected chi connectivity index (χ0v) is 32.8. The van der Waals surface area contributed by atoms with Gasteiger partial charge in [0.05, 0.1) is 0 Å². The molecule has 0 saturated carbocycles. The van der Waals surface area contributed by atoms with Crippen LogP contribution in [0.3, 0.4) is 0 Å². The maximum atomic E-state index is 14.8. The Bertz CT molecular complexity index is 1350. The molecular formula is C38H59NO5Sn. The topological polar surface area (TPSA) is 76.1 Å². The number of ketones is 1. The van der Waals surface area contributed by atoms with Gasteiger partial charge in [-0.1, -0.05) is 0 Å². The molecule has 3 atom stereocenters. The van der Waals surface area contributed by atoms with Crippen molar-refractivity contribution in [1.29, 1.82) is 0 Å². The number of carbonyl (C=O) groups is 2. The van der Waals surface area contributed by atoms with E-state index in [1.165, 1.54) is 16.9 Å². The van der Waals surface area contributed by atoms with E-state index in [-0.39, 0.29) is 11.7 Å². The average molecular weight is 729 g/mol. The van der Waals surface area contributed by atoms with Crippen LogP contribution < -0.4 is 8.48 Å². The van der Waals surface area contributed by atoms with Crippen LogP contribution in [0.4, 0.5) is 10.5 Å². The second-order valence-electron chi connectivity index (χ2n) is 16.0. The molecule has 4 rings (SSSR count). The van der Waals surface area contributed by atoms with E-state index in [9.17, 15) is 14.7 Å². The zero-order chi connectivity index (χ0) is 33.7. The second kappa shape index (κ2) is 13.1. The number of hydrogen-bond donors (Lipinski definition) is 1. The molecule has 0 unspecified atom stereocenters. The molecule has 2 aliphatic heterocycles. The number of benzene rings is 1. The van der Waals surface area contributed by atoms with Gasteiger partial charge in [-0.15, -0.1) is 0 Å². The van der Waals surface area contributed by atoms with Gasteiger partial charge in [-0.2, -0.15) is 0 Å². The Morgan fingerprint density at radius 3 is 2.04 bits per heavy atom. The molecule has 0 bridgehead atoms. The van der Waals surface area contributed by atoms with E-state index in [0.717, 1.165) is 55.3 Å². The van der Waals surface area contributed by atoms with Crippen molar-refractivity contribution >= 4 is 45.1 Å². The van der Waals surface area contributed by atoms with Crippen LogP contribution in [-0.4, -0.2) is 58.2 Å². The summed E-state index contributed by atoms with van der Waals surface area (Å²) in [6.45, 7) is 26.6. The van der Waals surface area contributed by atoms with Gasteiger partial charge in [-0.3, -0.25) is 0 Å². The van der Waals surface area contributed by atoms with Crippen LogP contribution in [0.1, 0.15) is 142 Å². The van der Waals surface area contributed by atoms with Crippen molar-refractivity contribution in [3.05, 3.63) is 41.0 Å². The molecule has 0 fully saturated rings. The fourth-order valence-corrected chi connectivity index (χ4v) is 25.1. The van der Waals surface area contributed by atoms with Crippen LogP contribution in [-0.2, 0) is 9.47 Å². The first-order chi connectivity index (χ1) is 20.9. The first kappa shape index (κ1) is 36.2. The summed E-state index contributed by atoms with van der Waals surface area (Å²) < 4.78 is 17.4. The first-order valence-electron chi connectivity index (χ1n) is 17.4. The molecule has 1 N–H and O–H groups in total. The van der Waals surface area contributed by atoms with E-state index in [2.05, 4.69) is 53.3 Å². The number of amides is 1. The molecule has 3 aliphatic rings. The fraction of sp³-hybridized carbons (Fsp3) is 0.684. The number of aliphatic hydroxyl groups is 1. The number of anilines is 1. The molecule has 45 heavy (non-hydrogen) atoms. The van der Waals surface area contributed by atoms with E-state index in [4.69, 9.17) is 9.47 Å². The van der Waals surface area contributed by atoms with E-state index < -0.39 is 53.4 Å². The minimum absolute atomic E-state index is 0.153. The predicted molar refractivity (Wildman–Crippen MR) is 188 cm³/mol. The number of ether oxygens (including phenoxy) is 2. The van der Waals surface area contributed by atoms with Gasteiger partial charge in [0.2, 0.25) is 0 Å². The second-order valence-corrected chi connectivity index (χ2v) is 29.1. The summed E-state index contributed by atoms with van der Waals surface area (Å²) in [4.78, 5) is 30.7. The van der Waals surface area contributed by atoms with Gasteiger partial charge >= 0.3 is 278 Å². The Labute approximate surface area is 276 Å². The minimum atomic E-state index is -3.35. The normalized spacial score (nSPS) is 23.4. The Morgan fingerprint density at radius 1 is 1.04 bits per heavy atom. The number of fused-ring (bicyclic) bond motifs is 5. The molecule has 0 radical (unpaired) electrons. The van der Waals surface area contributed by atoms with E-state index >= 15 is 0 Å². The third-order valence-corrected chi connectivity index (χ3v) is 25.6. The Hall–Kier alpha value is -1.64. The number of unbranched alkanes of at least 4 members (excludes halogenated alkanes) is 3. The van der Waals surface area contributed by atoms with Crippen LogP contribution in [0.5, 0.6) is 0 Å². The zero-order valence-electron chi connectivity index (χ0n) is 30.0. The van der Waals surface area contributed by atoms with Crippen LogP contribution in [0.25, 0.3) is 5.57 Å². The number of nitrogens with zero attached hydrogens (tertiary/aromatic N) is 1. The molecule has 0 saturated heterocycles. The van der Waals surface area contributed by atoms with Gasteiger partial charge in [0.15, 0.2) is 0 Å². The van der Waals surface area contributed by atoms with Gasteiger partial charge in [0.1, 0.15) is 0 Å². The molecular weight excluding hydrogens is 669 g/mol. The van der Waals surface area contributed by atoms with Gasteiger partial charge in [0, 0.05) is 0 Å². The molecule has 250 valence electrons. The van der Waals surface area contributed by atoms with Crippen molar-refractivity contribution in [3.8, 4) is 0 Å². The van der Waals surface area contributed by atoms with Crippen molar-refractivity contribution in [1.82, 2.24) is 0 Å². The van der Waals surface area contributed by atoms with Crippen molar-refractivity contribution in [2.75, 3.05) is 4.90 Å². The van der Waals surface area contributed by atoms with Gasteiger partial charge in [0.25, 0.3) is 0 Å². The summed E-state index contributed by atoms with van der Waals surface area (Å²) in [5.41, 5.74) is 2.62. The monoisotopic (exact) mass is 729 g/mol. The Balaban J connectivity index is 2.17. The quantitative estimate of drug-likeness (QED) is 0.182. The fourth-order valence-electron chi connectivity index (χ4n) is 8.37. The van der Waals surface area contributed by atoms with Crippen molar-refractivity contribution in [2.45, 2.75) is 157 Å². The van der Waals surface area contributed by atoms with Crippen LogP contribution in [0.15, 0.2) is 24.3 Å². The molecule has 1 aromatic rings. The van der Waals surface area contributed by atoms with Crippen LogP contribution in [0.2, 0.25) is 13.3 Å². The number of Topliss-reactive ketones (excluding diaryl/α,β-unsaturated/α-hetero) is 1. The molecule has 2 heterocycles. The number of carbonyl (C=O) groups excluding carboxylic acids is 2. The number of hydrogen-bond acceptors (Lipinski definition) is 5. The molecule has 0 spiro atoms. The van der Waals surface area contributed by atoms with Crippen molar-refractivity contribution in [2.24, 2.45) is 5.92 Å².